The Morgan fingerprint density at radius 3 is 1.40 bits per heavy atom. The van der Waals surface area contributed by atoms with Crippen molar-refractivity contribution in [1.29, 1.82) is 16.3 Å². The number of nitrogens with two attached hydrogens (primary N) is 3. The molecule has 2 aromatic heterocycles. The molecule has 4 aromatic carbocycles. The van der Waals surface area contributed by atoms with Gasteiger partial charge < -0.3 is 35.1 Å². The van der Waals surface area contributed by atoms with E-state index in [1.807, 2.05) is 24.3 Å². The van der Waals surface area contributed by atoms with Crippen LogP contribution in [0.4, 0.5) is 21.6 Å². The Hall–Kier alpha value is -2.22. The van der Waals surface area contributed by atoms with E-state index in [9.17, 15) is 0 Å². The zero-order valence-electron chi connectivity index (χ0n) is 38.3. The van der Waals surface area contributed by atoms with Crippen LogP contribution in [0.25, 0.3) is 20.4 Å². The van der Waals surface area contributed by atoms with Crippen LogP contribution in [-0.2, 0) is 34.3 Å². The smallest absolute Gasteiger partial charge is 0.696 e. The summed E-state index contributed by atoms with van der Waals surface area (Å²) >= 11 is 17.1. The third kappa shape index (κ3) is 23.1. The van der Waals surface area contributed by atoms with Crippen molar-refractivity contribution in [3.63, 3.8) is 0 Å². The van der Waals surface area contributed by atoms with Crippen LogP contribution >= 0.6 is 63.1 Å². The minimum Gasteiger partial charge on any atom is -0.696 e. The van der Waals surface area contributed by atoms with Gasteiger partial charge in [0.05, 0.1) is 20.4 Å². The third-order valence-electron chi connectivity index (χ3n) is 8.49. The van der Waals surface area contributed by atoms with E-state index in [1.54, 1.807) is 22.7 Å². The zero-order chi connectivity index (χ0) is 47.4. The number of thiazole rings is 2. The van der Waals surface area contributed by atoms with E-state index in [0.717, 1.165) is 27.5 Å². The summed E-state index contributed by atoms with van der Waals surface area (Å²) in [6, 6.07) is 29.3. The number of thiocarbonyl (C=S) groups is 1. The van der Waals surface area contributed by atoms with E-state index in [0.29, 0.717) is 10.2 Å². The number of halogens is 2. The van der Waals surface area contributed by atoms with Crippen LogP contribution in [-0.4, -0.2) is 15.1 Å². The number of nitrogens with one attached hydrogen (secondary N) is 4. The van der Waals surface area contributed by atoms with E-state index < -0.39 is 0 Å². The molecule has 62 heavy (non-hydrogen) atoms. The van der Waals surface area contributed by atoms with Gasteiger partial charge in [-0.3, -0.25) is 5.43 Å². The van der Waals surface area contributed by atoms with E-state index >= 15 is 0 Å². The van der Waals surface area contributed by atoms with Crippen LogP contribution in [0.3, 0.4) is 0 Å². The van der Waals surface area contributed by atoms with Gasteiger partial charge in [-0.25, -0.2) is 32.1 Å². The number of thiocyanates is 1. The Morgan fingerprint density at radius 2 is 1.05 bits per heavy atom. The Balaban J connectivity index is -0.000000722. The zero-order valence-corrected chi connectivity index (χ0v) is 47.8. The van der Waals surface area contributed by atoms with Crippen LogP contribution in [0.1, 0.15) is 107 Å². The quantitative estimate of drug-likeness (QED) is 0.0156. The first-order valence-electron chi connectivity index (χ1n) is 18.8. The first-order valence-corrected chi connectivity index (χ1v) is 25.0. The monoisotopic (exact) mass is 1070 g/mol. The first kappa shape index (κ1) is 61.9. The first-order chi connectivity index (χ1) is 28.3. The molecule has 0 saturated heterocycles. The number of benzene rings is 4. The van der Waals surface area contributed by atoms with Gasteiger partial charge in [0, 0.05) is 35.4 Å². The van der Waals surface area contributed by atoms with Crippen LogP contribution in [0.2, 0.25) is 0 Å². The standard InChI is InChI=1S/C11H15N3S.C11H14N2S.C11H16N2S.C10H15N.CHNS.Br2.K.H2N2.H2/c1-11(2,3)7-4-5-8-9(6-7)15-10(13-8)14-12;1-11(2,3)7-4-5-8-9(6-7)14-10(12)13-8;1-11(2,3)8-4-6-9(7-5-8)13-10(12)14;1-10(2,3)8-4-6-9(11)7-5-8;2-1-3;1-2;;1-2;/h4-6H,12H2,1-3H3,(H,13,14);4-6H,1-3H3,(H2,12,13);4-7H,1-3H3,(H3,12,13,14);4-7H,11H2,1-3H3;3H;;;1-2H;1H/q;;;;;;+1;;. The second kappa shape index (κ2) is 29.3. The Morgan fingerprint density at radius 1 is 0.710 bits per heavy atom. The van der Waals surface area contributed by atoms with Crippen molar-refractivity contribution in [3.8, 4) is 5.40 Å². The molecule has 2 heterocycles. The number of hydrogen-bond donors (Lipinski definition) is 8. The van der Waals surface area contributed by atoms with Crippen LogP contribution < -0.4 is 85.2 Å². The Labute approximate surface area is 447 Å². The van der Waals surface area contributed by atoms with Gasteiger partial charge >= 0.3 is 51.4 Å². The SMILES string of the molecule is BrBr.CC(C)(C)c1ccc(NC(N)=S)cc1.CC(C)(C)c1ccc([NH3+])cc1.CC(C)(C)c1ccc2nc(N)sc2c1.CC(C)(C)c1ccc2nc(NN)sc2c1.N#C[S-].N=N.[HH].[K+]. The van der Waals surface area contributed by atoms with Crippen molar-refractivity contribution < 1.29 is 58.5 Å². The Bertz CT molecular complexity index is 2260. The second-order valence-corrected chi connectivity index (χ2v) is 20.2. The third-order valence-corrected chi connectivity index (χ3v) is 10.4. The predicted octanol–water partition coefficient (Wildman–Crippen LogP) is 10.1. The molecule has 0 aliphatic rings. The molecule has 0 amide bonds. The minimum atomic E-state index is 0. The number of fused-ring (bicyclic) bond motifs is 2. The maximum Gasteiger partial charge on any atom is 1.00 e. The summed E-state index contributed by atoms with van der Waals surface area (Å²) in [4.78, 5) is 8.57. The number of hydrogen-bond acceptors (Lipinski definition) is 12. The van der Waals surface area contributed by atoms with Gasteiger partial charge in [-0.05, 0) is 105 Å². The summed E-state index contributed by atoms with van der Waals surface area (Å²) in [7, 11) is 0. The van der Waals surface area contributed by atoms with E-state index in [4.69, 9.17) is 45.9 Å². The van der Waals surface area contributed by atoms with Crippen molar-refractivity contribution in [2.24, 2.45) is 11.6 Å². The number of rotatable bonds is 2. The number of aromatic nitrogens is 2. The average molecular weight is 1080 g/mol. The molecule has 0 atom stereocenters. The normalized spacial score (nSPS) is 10.5. The fourth-order valence-corrected chi connectivity index (χ4v) is 6.77. The van der Waals surface area contributed by atoms with E-state index in [-0.39, 0.29) is 74.5 Å². The number of nitriles is 1. The molecule has 0 unspecified atom stereocenters. The maximum absolute atomic E-state index is 7.13. The molecule has 6 rings (SSSR count). The molecule has 0 aliphatic carbocycles. The molecule has 11 nitrogen and oxygen atoms in total. The number of quaternary nitrogens is 1. The molecule has 0 aliphatic heterocycles. The number of anilines is 3. The molecule has 18 heteroatoms. The van der Waals surface area contributed by atoms with Gasteiger partial charge in [-0.1, -0.05) is 148 Å². The van der Waals surface area contributed by atoms with E-state index in [2.05, 4.69) is 211 Å². The van der Waals surface area contributed by atoms with Gasteiger partial charge in [-0.15, -0.1) is 0 Å². The van der Waals surface area contributed by atoms with Crippen molar-refractivity contribution in [1.82, 2.24) is 9.97 Å². The summed E-state index contributed by atoms with van der Waals surface area (Å²) in [6.45, 7) is 26.4. The fourth-order valence-electron chi connectivity index (χ4n) is 5.06. The van der Waals surface area contributed by atoms with E-state index in [1.165, 1.54) is 37.1 Å². The molecule has 0 spiro atoms. The molecular weight excluding hydrogens is 1010 g/mol. The molecule has 0 radical (unpaired) electrons. The largest absolute Gasteiger partial charge is 1.00 e. The predicted molar refractivity (Wildman–Crippen MR) is 280 cm³/mol. The minimum absolute atomic E-state index is 0. The molecule has 334 valence electrons. The van der Waals surface area contributed by atoms with Crippen molar-refractivity contribution >= 4 is 123 Å². The molecule has 13 N–H and O–H groups in total. The van der Waals surface area contributed by atoms with Gasteiger partial charge in [0.2, 0.25) is 0 Å². The van der Waals surface area contributed by atoms with Crippen molar-refractivity contribution in [2.75, 3.05) is 16.5 Å². The Kier molecular flexibility index (Phi) is 29.3. The van der Waals surface area contributed by atoms with Gasteiger partial charge in [0.15, 0.2) is 15.4 Å². The second-order valence-electron chi connectivity index (χ2n) is 17.4. The summed E-state index contributed by atoms with van der Waals surface area (Å²) in [5.41, 5.74) is 37.6. The van der Waals surface area contributed by atoms with Gasteiger partial charge in [0.1, 0.15) is 5.69 Å². The molecule has 0 fully saturated rings. The average Bonchev–Trinajstić information content (AvgIpc) is 3.78. The number of nitrogen functional groups attached to an aromatic ring is 2. The maximum atomic E-state index is 7.13. The number of nitrogens with zero attached hydrogens (tertiary/aromatic N) is 3. The topological polar surface area (TPSA) is 227 Å². The van der Waals surface area contributed by atoms with Gasteiger partial charge in [0.25, 0.3) is 0 Å². The van der Waals surface area contributed by atoms with Crippen LogP contribution in [0, 0.1) is 21.7 Å². The number of hydrazine groups is 1. The van der Waals surface area contributed by atoms with Crippen molar-refractivity contribution in [2.45, 2.75) is 105 Å². The summed E-state index contributed by atoms with van der Waals surface area (Å²) in [5.74, 6) is 5.34. The van der Waals surface area contributed by atoms with Crippen LogP contribution in [0.15, 0.2) is 84.9 Å². The summed E-state index contributed by atoms with van der Waals surface area (Å²) < 4.78 is 2.35. The van der Waals surface area contributed by atoms with Gasteiger partial charge in [-0.2, -0.15) is 0 Å². The molecule has 6 aromatic rings. The summed E-state index contributed by atoms with van der Waals surface area (Å²) in [6.07, 6.45) is 0. The fraction of sp³-hybridized carbons (Fsp3) is 0.364. The molecule has 0 saturated carbocycles. The molecular formula is C44H65Br2KN11S4+. The summed E-state index contributed by atoms with van der Waals surface area (Å²) in [5, 5.41) is 13.1. The van der Waals surface area contributed by atoms with Crippen molar-refractivity contribution in [3.05, 3.63) is 107 Å². The molecule has 0 bridgehead atoms. The van der Waals surface area contributed by atoms with Crippen LogP contribution in [0.5, 0.6) is 0 Å².